The van der Waals surface area contributed by atoms with Gasteiger partial charge in [-0.25, -0.2) is 0 Å². The fraction of sp³-hybridized carbons (Fsp3) is 0. The molecule has 0 saturated carbocycles. The summed E-state index contributed by atoms with van der Waals surface area (Å²) in [6, 6.07) is 88.2. The first-order valence-corrected chi connectivity index (χ1v) is 24.0. The molecule has 3 heterocycles. The van der Waals surface area contributed by atoms with Crippen molar-refractivity contribution in [3.8, 4) is 39.1 Å². The highest BCUT2D eigenvalue weighted by Gasteiger charge is 2.25. The molecule has 0 fully saturated rings. The van der Waals surface area contributed by atoms with E-state index in [1.165, 1.54) is 75.0 Å². The Hall–Kier alpha value is -8.70. The third-order valence-corrected chi connectivity index (χ3v) is 15.0. The van der Waals surface area contributed by atoms with Gasteiger partial charge < -0.3 is 13.9 Å². The average molecular weight is 885 g/mol. The molecular formula is C64H40N2OS. The topological polar surface area (TPSA) is 21.3 Å². The van der Waals surface area contributed by atoms with Gasteiger partial charge in [-0.2, -0.15) is 0 Å². The molecule has 11 aromatic carbocycles. The second kappa shape index (κ2) is 15.5. The van der Waals surface area contributed by atoms with Crippen molar-refractivity contribution in [3.63, 3.8) is 0 Å². The Morgan fingerprint density at radius 1 is 0.368 bits per heavy atom. The first kappa shape index (κ1) is 38.6. The summed E-state index contributed by atoms with van der Waals surface area (Å²) in [5.74, 6) is 0. The predicted octanol–water partition coefficient (Wildman–Crippen LogP) is 18.7. The average Bonchev–Trinajstić information content (AvgIpc) is 4.10. The van der Waals surface area contributed by atoms with Gasteiger partial charge >= 0.3 is 0 Å². The summed E-state index contributed by atoms with van der Waals surface area (Å²) in [4.78, 5) is 2.47. The molecule has 3 nitrogen and oxygen atoms in total. The van der Waals surface area contributed by atoms with Crippen LogP contribution in [0.2, 0.25) is 0 Å². The molecule has 0 unspecified atom stereocenters. The minimum atomic E-state index is 0.887. The van der Waals surface area contributed by atoms with Crippen molar-refractivity contribution < 1.29 is 4.42 Å². The lowest BCUT2D eigenvalue weighted by Gasteiger charge is -2.29. The van der Waals surface area contributed by atoms with Gasteiger partial charge in [-0.1, -0.05) is 182 Å². The molecule has 4 heteroatoms. The quantitative estimate of drug-likeness (QED) is 0.159. The van der Waals surface area contributed by atoms with Crippen LogP contribution in [0.4, 0.5) is 17.1 Å². The van der Waals surface area contributed by atoms with Gasteiger partial charge in [0.2, 0.25) is 0 Å². The maximum atomic E-state index is 6.72. The minimum Gasteiger partial charge on any atom is -0.455 e. The number of anilines is 3. The molecule has 0 aliphatic rings. The van der Waals surface area contributed by atoms with Crippen LogP contribution in [0.3, 0.4) is 0 Å². The monoisotopic (exact) mass is 884 g/mol. The lowest BCUT2D eigenvalue weighted by Crippen LogP contribution is -2.11. The standard InChI is InChI=1S/C64H40N2OS/c1-2-17-46-41(15-1)16-13-23-47(46)42-31-35-45(36-32-42)66(58-28-10-5-20-51(58)53-24-14-25-54-52-21-6-11-29-60(52)67-63(53)54)59-40-39-48(64-62(59)55-22-7-12-30-61(55)68-64)43-33-37-44(38-34-43)65-56-26-8-3-18-49(56)50-19-4-9-27-57(50)65/h1-40H. The number of hydrogen-bond acceptors (Lipinski definition) is 3. The highest BCUT2D eigenvalue weighted by atomic mass is 32.1. The van der Waals surface area contributed by atoms with Crippen LogP contribution >= 0.6 is 11.3 Å². The van der Waals surface area contributed by atoms with E-state index in [2.05, 4.69) is 246 Å². The summed E-state index contributed by atoms with van der Waals surface area (Å²) in [5.41, 5.74) is 15.5. The second-order valence-corrected chi connectivity index (χ2v) is 18.6. The fourth-order valence-electron chi connectivity index (χ4n) is 10.7. The van der Waals surface area contributed by atoms with Gasteiger partial charge in [-0.3, -0.25) is 0 Å². The summed E-state index contributed by atoms with van der Waals surface area (Å²) in [6.45, 7) is 0. The molecule has 0 radical (unpaired) electrons. The molecule has 0 N–H and O–H groups in total. The number of fused-ring (bicyclic) bond motifs is 10. The van der Waals surface area contributed by atoms with Crippen LogP contribution in [0.5, 0.6) is 0 Å². The summed E-state index contributed by atoms with van der Waals surface area (Å²) in [7, 11) is 0. The normalized spacial score (nSPS) is 11.8. The zero-order valence-corrected chi connectivity index (χ0v) is 37.6. The Morgan fingerprint density at radius 3 is 1.75 bits per heavy atom. The largest absolute Gasteiger partial charge is 0.455 e. The highest BCUT2D eigenvalue weighted by molar-refractivity contribution is 7.26. The van der Waals surface area contributed by atoms with Crippen LogP contribution in [0.25, 0.3) is 114 Å². The summed E-state index contributed by atoms with van der Waals surface area (Å²) < 4.78 is 11.6. The summed E-state index contributed by atoms with van der Waals surface area (Å²) in [5, 5.41) is 9.69. The van der Waals surface area contributed by atoms with E-state index in [1.807, 2.05) is 17.4 Å². The fourth-order valence-corrected chi connectivity index (χ4v) is 12.0. The van der Waals surface area contributed by atoms with Crippen LogP contribution in [-0.2, 0) is 0 Å². The number of thiophene rings is 1. The van der Waals surface area contributed by atoms with E-state index in [9.17, 15) is 0 Å². The van der Waals surface area contributed by atoms with Gasteiger partial charge in [0.15, 0.2) is 0 Å². The molecule has 14 rings (SSSR count). The zero-order chi connectivity index (χ0) is 44.7. The first-order chi connectivity index (χ1) is 33.7. The third kappa shape index (κ3) is 5.98. The Labute approximate surface area is 396 Å². The lowest BCUT2D eigenvalue weighted by molar-refractivity contribution is 0.670. The van der Waals surface area contributed by atoms with E-state index in [1.54, 1.807) is 0 Å². The van der Waals surface area contributed by atoms with Crippen LogP contribution in [-0.4, -0.2) is 4.57 Å². The molecule has 0 spiro atoms. The molecule has 0 aliphatic carbocycles. The van der Waals surface area contributed by atoms with E-state index < -0.39 is 0 Å². The second-order valence-electron chi connectivity index (χ2n) is 17.6. The van der Waals surface area contributed by atoms with Gasteiger partial charge in [0.1, 0.15) is 11.2 Å². The molecule has 318 valence electrons. The van der Waals surface area contributed by atoms with Crippen molar-refractivity contribution in [2.24, 2.45) is 0 Å². The van der Waals surface area contributed by atoms with E-state index in [0.717, 1.165) is 55.8 Å². The Bertz CT molecular complexity index is 4210. The number of rotatable bonds is 7. The summed E-state index contributed by atoms with van der Waals surface area (Å²) >= 11 is 1.87. The molecule has 68 heavy (non-hydrogen) atoms. The van der Waals surface area contributed by atoms with Crippen molar-refractivity contribution >= 4 is 103 Å². The van der Waals surface area contributed by atoms with Crippen LogP contribution in [0.15, 0.2) is 247 Å². The Balaban J connectivity index is 0.978. The van der Waals surface area contributed by atoms with Crippen molar-refractivity contribution in [1.29, 1.82) is 0 Å². The van der Waals surface area contributed by atoms with Crippen LogP contribution in [0.1, 0.15) is 0 Å². The molecular weight excluding hydrogens is 845 g/mol. The minimum absolute atomic E-state index is 0.887. The molecule has 0 aliphatic heterocycles. The third-order valence-electron chi connectivity index (χ3n) is 13.8. The van der Waals surface area contributed by atoms with E-state index >= 15 is 0 Å². The smallest absolute Gasteiger partial charge is 0.143 e. The van der Waals surface area contributed by atoms with Gasteiger partial charge in [0.25, 0.3) is 0 Å². The molecule has 0 atom stereocenters. The molecule has 0 bridgehead atoms. The summed E-state index contributed by atoms with van der Waals surface area (Å²) in [6.07, 6.45) is 0. The van der Waals surface area contributed by atoms with Crippen LogP contribution in [0, 0.1) is 0 Å². The molecule has 3 aromatic heterocycles. The SMILES string of the molecule is c1ccc(N(c2ccc(-c3cccc4ccccc34)cc2)c2ccc(-c3ccc(-n4c5ccccc5c5ccccc54)cc3)c3sc4ccccc4c23)c(-c2cccc3c2oc2ccccc23)c1. The van der Waals surface area contributed by atoms with Crippen molar-refractivity contribution in [2.75, 3.05) is 4.90 Å². The molecule has 0 amide bonds. The zero-order valence-electron chi connectivity index (χ0n) is 36.8. The number of nitrogens with zero attached hydrogens (tertiary/aromatic N) is 2. The van der Waals surface area contributed by atoms with E-state index in [0.29, 0.717) is 0 Å². The number of benzene rings is 11. The van der Waals surface area contributed by atoms with Crippen LogP contribution < -0.4 is 4.90 Å². The Morgan fingerprint density at radius 2 is 0.941 bits per heavy atom. The lowest BCUT2D eigenvalue weighted by atomic mass is 9.96. The van der Waals surface area contributed by atoms with Gasteiger partial charge in [-0.15, -0.1) is 11.3 Å². The van der Waals surface area contributed by atoms with Crippen molar-refractivity contribution in [1.82, 2.24) is 4.57 Å². The number of para-hydroxylation sites is 5. The van der Waals surface area contributed by atoms with Gasteiger partial charge in [0, 0.05) is 64.2 Å². The van der Waals surface area contributed by atoms with E-state index in [-0.39, 0.29) is 0 Å². The van der Waals surface area contributed by atoms with Gasteiger partial charge in [0.05, 0.1) is 22.4 Å². The van der Waals surface area contributed by atoms with Gasteiger partial charge in [-0.05, 0) is 93.7 Å². The molecule has 0 saturated heterocycles. The van der Waals surface area contributed by atoms with Crippen molar-refractivity contribution in [3.05, 3.63) is 243 Å². The maximum absolute atomic E-state index is 6.72. The molecule has 14 aromatic rings. The van der Waals surface area contributed by atoms with E-state index in [4.69, 9.17) is 4.42 Å². The number of hydrogen-bond donors (Lipinski definition) is 0. The number of furan rings is 1. The highest BCUT2D eigenvalue weighted by Crippen LogP contribution is 2.51. The number of aromatic nitrogens is 1. The van der Waals surface area contributed by atoms with Crippen molar-refractivity contribution in [2.45, 2.75) is 0 Å². The Kier molecular flexibility index (Phi) is 8.76. The predicted molar refractivity (Wildman–Crippen MR) is 289 cm³/mol. The first-order valence-electron chi connectivity index (χ1n) is 23.2. The maximum Gasteiger partial charge on any atom is 0.143 e.